The maximum Gasteiger partial charge on any atom is 0.233 e. The quantitative estimate of drug-likeness (QED) is 0.440. The van der Waals surface area contributed by atoms with E-state index in [1.54, 1.807) is 26.1 Å². The summed E-state index contributed by atoms with van der Waals surface area (Å²) in [4.78, 5) is 17.1. The van der Waals surface area contributed by atoms with Gasteiger partial charge in [0, 0.05) is 23.9 Å². The zero-order valence-electron chi connectivity index (χ0n) is 16.2. The predicted octanol–water partition coefficient (Wildman–Crippen LogP) is 4.16. The number of aromatic amines is 1. The summed E-state index contributed by atoms with van der Waals surface area (Å²) < 4.78 is 27.2. The molecule has 3 N–H and O–H groups in total. The number of nitrogens with one attached hydrogen (secondary N) is 3. The molecule has 0 aliphatic heterocycles. The Bertz CT molecular complexity index is 1160. The fourth-order valence-corrected chi connectivity index (χ4v) is 2.88. The van der Waals surface area contributed by atoms with Crippen LogP contribution in [0.2, 0.25) is 0 Å². The van der Waals surface area contributed by atoms with Crippen LogP contribution >= 0.6 is 0 Å². The van der Waals surface area contributed by atoms with Crippen molar-refractivity contribution in [2.45, 2.75) is 19.9 Å². The molecular formula is C20H18F2N8. The van der Waals surface area contributed by atoms with E-state index < -0.39 is 17.7 Å². The summed E-state index contributed by atoms with van der Waals surface area (Å²) >= 11 is 0. The molecule has 152 valence electrons. The molecule has 1 unspecified atom stereocenters. The van der Waals surface area contributed by atoms with Crippen LogP contribution < -0.4 is 10.6 Å². The fraction of sp³-hybridized carbons (Fsp3) is 0.150. The first kappa shape index (κ1) is 19.4. The first-order chi connectivity index (χ1) is 14.5. The number of hydrogen-bond donors (Lipinski definition) is 3. The lowest BCUT2D eigenvalue weighted by Gasteiger charge is -2.15. The Morgan fingerprint density at radius 2 is 1.83 bits per heavy atom. The molecule has 0 amide bonds. The molecule has 0 saturated carbocycles. The average molecular weight is 408 g/mol. The van der Waals surface area contributed by atoms with Crippen LogP contribution in [-0.2, 0) is 0 Å². The summed E-state index contributed by atoms with van der Waals surface area (Å²) in [6, 6.07) is 10.3. The Balaban J connectivity index is 1.51. The van der Waals surface area contributed by atoms with Crippen LogP contribution in [-0.4, -0.2) is 30.1 Å². The van der Waals surface area contributed by atoms with Gasteiger partial charge in [0.1, 0.15) is 17.5 Å². The number of rotatable bonds is 6. The minimum atomic E-state index is -0.641. The Morgan fingerprint density at radius 3 is 2.60 bits per heavy atom. The third-order valence-corrected chi connectivity index (χ3v) is 4.28. The van der Waals surface area contributed by atoms with Gasteiger partial charge in [-0.25, -0.2) is 8.78 Å². The molecule has 4 aromatic rings. The van der Waals surface area contributed by atoms with Gasteiger partial charge in [0.15, 0.2) is 5.82 Å². The van der Waals surface area contributed by atoms with Crippen molar-refractivity contribution in [2.75, 3.05) is 10.6 Å². The second-order valence-electron chi connectivity index (χ2n) is 6.57. The molecule has 10 heteroatoms. The van der Waals surface area contributed by atoms with E-state index in [1.807, 2.05) is 18.2 Å². The molecule has 1 aromatic carbocycles. The van der Waals surface area contributed by atoms with E-state index in [1.165, 1.54) is 12.1 Å². The molecule has 3 aromatic heterocycles. The van der Waals surface area contributed by atoms with Crippen LogP contribution in [0.4, 0.5) is 26.5 Å². The van der Waals surface area contributed by atoms with Crippen molar-refractivity contribution in [3.63, 3.8) is 0 Å². The fourth-order valence-electron chi connectivity index (χ4n) is 2.88. The van der Waals surface area contributed by atoms with Crippen molar-refractivity contribution in [2.24, 2.45) is 0 Å². The zero-order chi connectivity index (χ0) is 21.1. The molecule has 0 saturated heterocycles. The number of aryl methyl sites for hydroxylation is 1. The minimum absolute atomic E-state index is 0.252. The molecule has 0 aliphatic rings. The lowest BCUT2D eigenvalue weighted by Crippen LogP contribution is -2.13. The maximum atomic E-state index is 14.0. The summed E-state index contributed by atoms with van der Waals surface area (Å²) in [5, 5.41) is 13.1. The number of benzene rings is 1. The van der Waals surface area contributed by atoms with Crippen molar-refractivity contribution in [3.05, 3.63) is 71.7 Å². The van der Waals surface area contributed by atoms with Gasteiger partial charge in [-0.15, -0.1) is 0 Å². The molecule has 0 bridgehead atoms. The van der Waals surface area contributed by atoms with Crippen LogP contribution in [0.15, 0.2) is 48.7 Å². The smallest absolute Gasteiger partial charge is 0.233 e. The maximum absolute atomic E-state index is 14.0. The summed E-state index contributed by atoms with van der Waals surface area (Å²) in [6.45, 7) is 3.44. The number of anilines is 3. The SMILES string of the molecule is Cc1nc(Nc2cc(-c3ccccn3)[nH]n2)nc(NC(C)c2ccc(F)cc2F)n1. The summed E-state index contributed by atoms with van der Waals surface area (Å²) in [5.41, 5.74) is 1.79. The average Bonchev–Trinajstić information content (AvgIpc) is 3.16. The van der Waals surface area contributed by atoms with Crippen molar-refractivity contribution in [3.8, 4) is 11.4 Å². The van der Waals surface area contributed by atoms with Gasteiger partial charge in [-0.3, -0.25) is 10.1 Å². The molecule has 3 heterocycles. The van der Waals surface area contributed by atoms with E-state index in [-0.39, 0.29) is 11.9 Å². The first-order valence-corrected chi connectivity index (χ1v) is 9.16. The van der Waals surface area contributed by atoms with Gasteiger partial charge in [-0.05, 0) is 32.0 Å². The molecule has 0 fully saturated rings. The second-order valence-corrected chi connectivity index (χ2v) is 6.57. The second kappa shape index (κ2) is 8.19. The van der Waals surface area contributed by atoms with E-state index in [0.29, 0.717) is 17.2 Å². The van der Waals surface area contributed by atoms with Gasteiger partial charge in [-0.2, -0.15) is 20.1 Å². The number of H-pyrrole nitrogens is 1. The monoisotopic (exact) mass is 408 g/mol. The topological polar surface area (TPSA) is 104 Å². The van der Waals surface area contributed by atoms with E-state index in [9.17, 15) is 8.78 Å². The Hall–Kier alpha value is -3.95. The van der Waals surface area contributed by atoms with Crippen LogP contribution in [0.3, 0.4) is 0 Å². The highest BCUT2D eigenvalue weighted by molar-refractivity contribution is 5.61. The third kappa shape index (κ3) is 4.37. The van der Waals surface area contributed by atoms with Crippen LogP contribution in [0, 0.1) is 18.6 Å². The predicted molar refractivity (Wildman–Crippen MR) is 108 cm³/mol. The van der Waals surface area contributed by atoms with E-state index >= 15 is 0 Å². The van der Waals surface area contributed by atoms with Crippen molar-refractivity contribution < 1.29 is 8.78 Å². The van der Waals surface area contributed by atoms with Gasteiger partial charge in [0.05, 0.1) is 17.4 Å². The largest absolute Gasteiger partial charge is 0.347 e. The van der Waals surface area contributed by atoms with Gasteiger partial charge < -0.3 is 10.6 Å². The Labute approximate surface area is 170 Å². The van der Waals surface area contributed by atoms with E-state index in [0.717, 1.165) is 17.5 Å². The lowest BCUT2D eigenvalue weighted by atomic mass is 10.1. The molecule has 1 atom stereocenters. The first-order valence-electron chi connectivity index (χ1n) is 9.16. The number of nitrogens with zero attached hydrogens (tertiary/aromatic N) is 5. The van der Waals surface area contributed by atoms with Crippen molar-refractivity contribution >= 4 is 17.7 Å². The summed E-state index contributed by atoms with van der Waals surface area (Å²) in [7, 11) is 0. The highest BCUT2D eigenvalue weighted by Gasteiger charge is 2.14. The van der Waals surface area contributed by atoms with E-state index in [4.69, 9.17) is 0 Å². The van der Waals surface area contributed by atoms with Crippen LogP contribution in [0.1, 0.15) is 24.4 Å². The van der Waals surface area contributed by atoms with Gasteiger partial charge in [-0.1, -0.05) is 12.1 Å². The number of hydrogen-bond acceptors (Lipinski definition) is 7. The number of aromatic nitrogens is 6. The molecular weight excluding hydrogens is 390 g/mol. The number of halogens is 2. The van der Waals surface area contributed by atoms with Crippen LogP contribution in [0.5, 0.6) is 0 Å². The summed E-state index contributed by atoms with van der Waals surface area (Å²) in [6.07, 6.45) is 1.70. The highest BCUT2D eigenvalue weighted by Crippen LogP contribution is 2.22. The molecule has 0 spiro atoms. The molecule has 30 heavy (non-hydrogen) atoms. The van der Waals surface area contributed by atoms with E-state index in [2.05, 4.69) is 40.8 Å². The molecule has 0 radical (unpaired) electrons. The highest BCUT2D eigenvalue weighted by atomic mass is 19.1. The standard InChI is InChI=1S/C20H18F2N8/c1-11(14-7-6-13(21)9-15(14)22)24-19-25-12(2)26-20(28-19)27-18-10-17(29-30-18)16-5-3-4-8-23-16/h3-11H,1-2H3,(H3,24,25,26,27,28,29,30). The molecule has 4 rings (SSSR count). The Morgan fingerprint density at radius 1 is 1.00 bits per heavy atom. The number of pyridine rings is 1. The molecule has 8 nitrogen and oxygen atoms in total. The van der Waals surface area contributed by atoms with Gasteiger partial charge in [0.2, 0.25) is 11.9 Å². The van der Waals surface area contributed by atoms with Gasteiger partial charge in [0.25, 0.3) is 0 Å². The third-order valence-electron chi connectivity index (χ3n) is 4.28. The Kier molecular flexibility index (Phi) is 5.29. The van der Waals surface area contributed by atoms with Gasteiger partial charge >= 0.3 is 0 Å². The van der Waals surface area contributed by atoms with Crippen LogP contribution in [0.25, 0.3) is 11.4 Å². The zero-order valence-corrected chi connectivity index (χ0v) is 16.2. The molecule has 0 aliphatic carbocycles. The lowest BCUT2D eigenvalue weighted by molar-refractivity contribution is 0.566. The van der Waals surface area contributed by atoms with Crippen molar-refractivity contribution in [1.82, 2.24) is 30.1 Å². The normalized spacial score (nSPS) is 11.9. The summed E-state index contributed by atoms with van der Waals surface area (Å²) in [5.74, 6) is 0.220. The minimum Gasteiger partial charge on any atom is -0.347 e. The van der Waals surface area contributed by atoms with Crippen molar-refractivity contribution in [1.29, 1.82) is 0 Å².